The summed E-state index contributed by atoms with van der Waals surface area (Å²) in [5, 5.41) is 9.49. The Morgan fingerprint density at radius 3 is 2.62 bits per heavy atom. The summed E-state index contributed by atoms with van der Waals surface area (Å²) < 4.78 is 0. The van der Waals surface area contributed by atoms with Crippen molar-refractivity contribution < 1.29 is 14.7 Å². The first kappa shape index (κ1) is 23.6. The smallest absolute Gasteiger partial charge is 0.156 e. The topological polar surface area (TPSA) is 54.4 Å². The van der Waals surface area contributed by atoms with E-state index >= 15 is 0 Å². The van der Waals surface area contributed by atoms with Gasteiger partial charge in [-0.2, -0.15) is 0 Å². The molecule has 0 heterocycles. The molecule has 4 aliphatic rings. The Balaban J connectivity index is 1.70. The van der Waals surface area contributed by atoms with Crippen LogP contribution in [0.15, 0.2) is 52.0 Å². The number of rotatable bonds is 3. The lowest BCUT2D eigenvalue weighted by Crippen LogP contribution is -2.50. The molecule has 2 saturated carbocycles. The highest BCUT2D eigenvalue weighted by Gasteiger charge is 2.64. The molecule has 0 radical (unpaired) electrons. The second-order valence-electron chi connectivity index (χ2n) is 10.7. The first-order valence-corrected chi connectivity index (χ1v) is 13.8. The van der Waals surface area contributed by atoms with E-state index in [1.165, 1.54) is 21.6 Å². The van der Waals surface area contributed by atoms with Crippen molar-refractivity contribution in [1.29, 1.82) is 0 Å². The van der Waals surface area contributed by atoms with Gasteiger partial charge in [0.25, 0.3) is 0 Å². The van der Waals surface area contributed by atoms with Crippen LogP contribution in [0.25, 0.3) is 0 Å². The van der Waals surface area contributed by atoms with Crippen molar-refractivity contribution in [2.45, 2.75) is 69.6 Å². The predicted octanol–water partition coefficient (Wildman–Crippen LogP) is 5.88. The van der Waals surface area contributed by atoms with Crippen molar-refractivity contribution in [3.05, 3.63) is 52.6 Å². The summed E-state index contributed by atoms with van der Waals surface area (Å²) in [6, 6.07) is 8.94. The van der Waals surface area contributed by atoms with Crippen LogP contribution in [0, 0.1) is 34.5 Å². The predicted molar refractivity (Wildman–Crippen MR) is 136 cm³/mol. The summed E-state index contributed by atoms with van der Waals surface area (Å²) in [6.07, 6.45) is 10.1. The molecule has 5 rings (SSSR count). The number of carbonyl (C=O) groups is 2. The maximum atomic E-state index is 13.2. The van der Waals surface area contributed by atoms with Crippen molar-refractivity contribution in [2.24, 2.45) is 22.7 Å². The summed E-state index contributed by atoms with van der Waals surface area (Å²) in [7, 11) is 0. The monoisotopic (exact) mass is 474 g/mol. The lowest BCUT2D eigenvalue weighted by molar-refractivity contribution is -0.130. The van der Waals surface area contributed by atoms with Crippen molar-refractivity contribution in [1.82, 2.24) is 0 Å². The van der Waals surface area contributed by atoms with Gasteiger partial charge in [-0.25, -0.2) is 0 Å². The summed E-state index contributed by atoms with van der Waals surface area (Å²) in [6.45, 7) is 3.79. The zero-order valence-corrected chi connectivity index (χ0v) is 21.3. The highest BCUT2D eigenvalue weighted by Crippen LogP contribution is 2.69. The van der Waals surface area contributed by atoms with Gasteiger partial charge in [-0.05, 0) is 104 Å². The number of aliphatic hydroxyl groups is 1. The molecule has 1 aromatic carbocycles. The molecule has 1 aromatic rings. The van der Waals surface area contributed by atoms with Gasteiger partial charge in [-0.15, -0.1) is 11.8 Å². The van der Waals surface area contributed by atoms with Gasteiger partial charge in [-0.1, -0.05) is 36.5 Å². The highest BCUT2D eigenvalue weighted by molar-refractivity contribution is 7.98. The first-order chi connectivity index (χ1) is 16.3. The third kappa shape index (κ3) is 3.47. The molecule has 34 heavy (non-hydrogen) atoms. The molecule has 0 bridgehead atoms. The lowest BCUT2D eigenvalue weighted by Gasteiger charge is -2.54. The number of thioether (sulfide) groups is 1. The quantitative estimate of drug-likeness (QED) is 0.439. The number of Topliss-reactive ketones (excluding diaryl/α,β-unsaturated/α-hetero) is 1. The van der Waals surface area contributed by atoms with Gasteiger partial charge in [0, 0.05) is 17.2 Å². The maximum absolute atomic E-state index is 13.2. The fraction of sp³-hybridized carbons (Fsp3) is 0.533. The van der Waals surface area contributed by atoms with Crippen LogP contribution < -0.4 is 0 Å². The van der Waals surface area contributed by atoms with E-state index in [2.05, 4.69) is 49.3 Å². The number of ketones is 2. The fourth-order valence-corrected chi connectivity index (χ4v) is 8.29. The zero-order valence-electron chi connectivity index (χ0n) is 20.4. The van der Waals surface area contributed by atoms with Crippen molar-refractivity contribution in [2.75, 3.05) is 12.9 Å². The minimum Gasteiger partial charge on any atom is -0.384 e. The van der Waals surface area contributed by atoms with Crippen LogP contribution in [0.1, 0.15) is 70.3 Å². The van der Waals surface area contributed by atoms with Gasteiger partial charge >= 0.3 is 0 Å². The Morgan fingerprint density at radius 2 is 1.94 bits per heavy atom. The molecule has 3 nitrogen and oxygen atoms in total. The van der Waals surface area contributed by atoms with Crippen LogP contribution in [-0.4, -0.2) is 29.5 Å². The van der Waals surface area contributed by atoms with Crippen LogP contribution in [0.2, 0.25) is 0 Å². The van der Waals surface area contributed by atoms with E-state index in [1.807, 2.05) is 6.08 Å². The highest BCUT2D eigenvalue weighted by atomic mass is 32.2. The van der Waals surface area contributed by atoms with Crippen molar-refractivity contribution >= 4 is 23.3 Å². The SMILES string of the molecule is CSc1ccc([C@H]2C[C@@]3(C)[C@@H](CC[C@]3(C#CCO)C(C)=O)[C@@H]3CCC4=CC(=O)CCC4=C32)cc1. The molecule has 0 aromatic heterocycles. The molecule has 0 aliphatic heterocycles. The molecular weight excluding hydrogens is 440 g/mol. The first-order valence-electron chi connectivity index (χ1n) is 12.6. The van der Waals surface area contributed by atoms with Crippen LogP contribution in [0.4, 0.5) is 0 Å². The van der Waals surface area contributed by atoms with E-state index < -0.39 is 5.41 Å². The maximum Gasteiger partial charge on any atom is 0.156 e. The molecule has 0 spiro atoms. The third-order valence-corrected chi connectivity index (χ3v) is 10.2. The molecule has 2 fully saturated rings. The van der Waals surface area contributed by atoms with E-state index in [4.69, 9.17) is 0 Å². The lowest BCUT2D eigenvalue weighted by atomic mass is 9.48. The second-order valence-corrected chi connectivity index (χ2v) is 11.6. The molecular formula is C30H34O3S. The summed E-state index contributed by atoms with van der Waals surface area (Å²) in [5.74, 6) is 7.63. The van der Waals surface area contributed by atoms with E-state index in [0.717, 1.165) is 38.5 Å². The van der Waals surface area contributed by atoms with E-state index in [9.17, 15) is 14.7 Å². The van der Waals surface area contributed by atoms with Gasteiger partial charge in [0.15, 0.2) is 5.78 Å². The minimum absolute atomic E-state index is 0.144. The zero-order chi connectivity index (χ0) is 24.1. The number of aliphatic hydroxyl groups excluding tert-OH is 1. The molecule has 5 atom stereocenters. The number of hydrogen-bond acceptors (Lipinski definition) is 4. The van der Waals surface area contributed by atoms with Crippen molar-refractivity contribution in [3.63, 3.8) is 0 Å². The Morgan fingerprint density at radius 1 is 1.18 bits per heavy atom. The van der Waals surface area contributed by atoms with Gasteiger partial charge < -0.3 is 5.11 Å². The summed E-state index contributed by atoms with van der Waals surface area (Å²) >= 11 is 1.75. The molecule has 178 valence electrons. The average molecular weight is 475 g/mol. The Bertz CT molecular complexity index is 1150. The molecule has 0 unspecified atom stereocenters. The summed E-state index contributed by atoms with van der Waals surface area (Å²) in [4.78, 5) is 26.7. The van der Waals surface area contributed by atoms with Gasteiger partial charge in [0.1, 0.15) is 12.4 Å². The second kappa shape index (κ2) is 8.85. The van der Waals surface area contributed by atoms with Crippen LogP contribution in [-0.2, 0) is 9.59 Å². The minimum atomic E-state index is -0.702. The standard InChI is InChI=1S/C30H34O3S/c1-19(32)30(14-4-16-31)15-13-27-25-11-7-21-17-22(33)8-12-24(21)28(25)26(18-29(27,30)2)20-5-9-23(34-3)10-6-20/h5-6,9-10,17,25-27,31H,7-8,11-13,15-16,18H2,1-3H3/t25-,26+,27-,29-,30+/m0/s1. The Kier molecular flexibility index (Phi) is 6.15. The number of benzene rings is 1. The number of fused-ring (bicyclic) bond motifs is 4. The molecule has 0 amide bonds. The molecule has 1 N–H and O–H groups in total. The van der Waals surface area contributed by atoms with E-state index in [0.29, 0.717) is 18.3 Å². The van der Waals surface area contributed by atoms with Crippen LogP contribution in [0.3, 0.4) is 0 Å². The van der Waals surface area contributed by atoms with Gasteiger partial charge in [-0.3, -0.25) is 9.59 Å². The van der Waals surface area contributed by atoms with Crippen LogP contribution in [0.5, 0.6) is 0 Å². The molecule has 4 heteroatoms. The van der Waals surface area contributed by atoms with Gasteiger partial charge in [0.05, 0.1) is 5.41 Å². The number of allylic oxidation sites excluding steroid dienone is 4. The van der Waals surface area contributed by atoms with Gasteiger partial charge in [0.2, 0.25) is 0 Å². The number of carbonyl (C=O) groups excluding carboxylic acids is 2. The van der Waals surface area contributed by atoms with Crippen molar-refractivity contribution in [3.8, 4) is 11.8 Å². The average Bonchev–Trinajstić information content (AvgIpc) is 3.14. The van der Waals surface area contributed by atoms with E-state index in [-0.39, 0.29) is 29.5 Å². The molecule has 4 aliphatic carbocycles. The normalized spacial score (nSPS) is 34.4. The summed E-state index contributed by atoms with van der Waals surface area (Å²) in [5.41, 5.74) is 4.59. The molecule has 0 saturated heterocycles. The van der Waals surface area contributed by atoms with Crippen LogP contribution >= 0.6 is 11.8 Å². The third-order valence-electron chi connectivity index (χ3n) is 9.43. The number of hydrogen-bond donors (Lipinski definition) is 1. The Labute approximate surface area is 207 Å². The fourth-order valence-electron chi connectivity index (χ4n) is 7.89. The largest absolute Gasteiger partial charge is 0.384 e. The van der Waals surface area contributed by atoms with E-state index in [1.54, 1.807) is 24.3 Å². The Hall–Kier alpha value is -2.09.